The molecule has 0 unspecified atom stereocenters. The number of rotatable bonds is 2. The molecule has 0 aromatic heterocycles. The third kappa shape index (κ3) is 3.03. The third-order valence-corrected chi connectivity index (χ3v) is 3.44. The van der Waals surface area contributed by atoms with Crippen LogP contribution in [0.1, 0.15) is 18.4 Å². The highest BCUT2D eigenvalue weighted by molar-refractivity contribution is 9.10. The van der Waals surface area contributed by atoms with Gasteiger partial charge in [-0.15, -0.1) is 0 Å². The Morgan fingerprint density at radius 2 is 2.31 bits per heavy atom. The van der Waals surface area contributed by atoms with Crippen LogP contribution in [0.2, 0.25) is 0 Å². The second-order valence-electron chi connectivity index (χ2n) is 4.37. The van der Waals surface area contributed by atoms with Crippen molar-refractivity contribution in [2.45, 2.75) is 25.4 Å². The van der Waals surface area contributed by atoms with E-state index in [4.69, 9.17) is 5.73 Å². The summed E-state index contributed by atoms with van der Waals surface area (Å²) in [5.41, 5.74) is 6.65. The number of likely N-dealkylation sites (tertiary alicyclic amines) is 1. The van der Waals surface area contributed by atoms with Gasteiger partial charge in [-0.3, -0.25) is 4.90 Å². The molecule has 0 bridgehead atoms. The first-order valence-electron chi connectivity index (χ1n) is 5.57. The minimum Gasteiger partial charge on any atom is -0.327 e. The summed E-state index contributed by atoms with van der Waals surface area (Å²) in [6.45, 7) is 2.55. The summed E-state index contributed by atoms with van der Waals surface area (Å²) >= 11 is 3.26. The van der Waals surface area contributed by atoms with Gasteiger partial charge in [-0.05, 0) is 31.5 Å². The predicted molar refractivity (Wildman–Crippen MR) is 66.6 cm³/mol. The molecular weight excluding hydrogens is 271 g/mol. The lowest BCUT2D eigenvalue weighted by Crippen LogP contribution is -2.42. The number of nitrogens with two attached hydrogens (primary N) is 1. The Morgan fingerprint density at radius 1 is 1.50 bits per heavy atom. The van der Waals surface area contributed by atoms with Gasteiger partial charge in [-0.1, -0.05) is 22.0 Å². The molecule has 0 spiro atoms. The second-order valence-corrected chi connectivity index (χ2v) is 5.29. The van der Waals surface area contributed by atoms with Gasteiger partial charge in [0.05, 0.1) is 0 Å². The maximum Gasteiger partial charge on any atom is 0.128 e. The van der Waals surface area contributed by atoms with Gasteiger partial charge in [0.15, 0.2) is 0 Å². The van der Waals surface area contributed by atoms with E-state index in [9.17, 15) is 4.39 Å². The van der Waals surface area contributed by atoms with E-state index < -0.39 is 0 Å². The van der Waals surface area contributed by atoms with Crippen molar-refractivity contribution in [1.82, 2.24) is 4.90 Å². The summed E-state index contributed by atoms with van der Waals surface area (Å²) in [6, 6.07) is 5.47. The fourth-order valence-electron chi connectivity index (χ4n) is 2.13. The van der Waals surface area contributed by atoms with Crippen molar-refractivity contribution in [2.24, 2.45) is 5.73 Å². The molecule has 88 valence electrons. The maximum absolute atomic E-state index is 13.6. The van der Waals surface area contributed by atoms with Gasteiger partial charge in [-0.2, -0.15) is 0 Å². The van der Waals surface area contributed by atoms with Crippen molar-refractivity contribution in [2.75, 3.05) is 13.1 Å². The van der Waals surface area contributed by atoms with E-state index in [0.717, 1.165) is 36.0 Å². The number of nitrogens with zero attached hydrogens (tertiary/aromatic N) is 1. The van der Waals surface area contributed by atoms with Gasteiger partial charge in [0.25, 0.3) is 0 Å². The molecule has 0 radical (unpaired) electrons. The van der Waals surface area contributed by atoms with Gasteiger partial charge >= 0.3 is 0 Å². The van der Waals surface area contributed by atoms with Crippen molar-refractivity contribution in [3.05, 3.63) is 34.1 Å². The van der Waals surface area contributed by atoms with E-state index in [1.54, 1.807) is 0 Å². The lowest BCUT2D eigenvalue weighted by Gasteiger charge is -2.30. The van der Waals surface area contributed by atoms with E-state index in [1.165, 1.54) is 6.07 Å². The Morgan fingerprint density at radius 3 is 3.00 bits per heavy atom. The summed E-state index contributed by atoms with van der Waals surface area (Å²) in [6.07, 6.45) is 2.19. The van der Waals surface area contributed by atoms with Crippen molar-refractivity contribution < 1.29 is 4.39 Å². The molecule has 0 saturated carbocycles. The van der Waals surface area contributed by atoms with Crippen molar-refractivity contribution in [3.63, 3.8) is 0 Å². The molecule has 1 saturated heterocycles. The van der Waals surface area contributed by atoms with Gasteiger partial charge in [0.1, 0.15) is 5.82 Å². The molecule has 1 fully saturated rings. The number of hydrogen-bond acceptors (Lipinski definition) is 2. The van der Waals surface area contributed by atoms with E-state index in [0.29, 0.717) is 6.54 Å². The van der Waals surface area contributed by atoms with Crippen LogP contribution >= 0.6 is 15.9 Å². The second kappa shape index (κ2) is 5.25. The molecule has 1 aromatic carbocycles. The predicted octanol–water partition coefficient (Wildman–Crippen LogP) is 2.51. The molecule has 1 heterocycles. The summed E-state index contributed by atoms with van der Waals surface area (Å²) in [4.78, 5) is 2.22. The Kier molecular flexibility index (Phi) is 3.95. The molecular formula is C12H16BrFN2. The normalized spacial score (nSPS) is 22.3. The first kappa shape index (κ1) is 12.0. The average Bonchev–Trinajstić information content (AvgIpc) is 2.22. The zero-order chi connectivity index (χ0) is 11.5. The Bertz CT molecular complexity index is 370. The van der Waals surface area contributed by atoms with Crippen LogP contribution in [-0.2, 0) is 6.54 Å². The van der Waals surface area contributed by atoms with Crippen LogP contribution in [0.15, 0.2) is 22.7 Å². The monoisotopic (exact) mass is 286 g/mol. The maximum atomic E-state index is 13.6. The van der Waals surface area contributed by atoms with Gasteiger partial charge in [-0.25, -0.2) is 4.39 Å². The van der Waals surface area contributed by atoms with Crippen LogP contribution in [0.4, 0.5) is 4.39 Å². The third-order valence-electron chi connectivity index (χ3n) is 2.95. The topological polar surface area (TPSA) is 29.3 Å². The number of piperidine rings is 1. The van der Waals surface area contributed by atoms with Gasteiger partial charge in [0, 0.05) is 29.2 Å². The Labute approximate surface area is 104 Å². The largest absolute Gasteiger partial charge is 0.327 e. The number of hydrogen-bond donors (Lipinski definition) is 1. The standard InChI is InChI=1S/C12H16BrFN2/c13-10-4-3-9(12(14)6-10)7-16-5-1-2-11(15)8-16/h3-4,6,11H,1-2,5,7-8,15H2/t11-/m1/s1. The lowest BCUT2D eigenvalue weighted by molar-refractivity contribution is 0.199. The van der Waals surface area contributed by atoms with Crippen LogP contribution in [0.3, 0.4) is 0 Å². The molecule has 1 aliphatic heterocycles. The molecule has 2 N–H and O–H groups in total. The SMILES string of the molecule is N[C@@H]1CCCN(Cc2ccc(Br)cc2F)C1. The molecule has 2 rings (SSSR count). The molecule has 0 aliphatic carbocycles. The first-order chi connectivity index (χ1) is 7.65. The first-order valence-corrected chi connectivity index (χ1v) is 6.36. The number of halogens is 2. The average molecular weight is 287 g/mol. The highest BCUT2D eigenvalue weighted by atomic mass is 79.9. The quantitative estimate of drug-likeness (QED) is 0.905. The lowest BCUT2D eigenvalue weighted by atomic mass is 10.1. The summed E-state index contributed by atoms with van der Waals surface area (Å²) in [7, 11) is 0. The van der Waals surface area contributed by atoms with Gasteiger partial charge < -0.3 is 5.73 Å². The molecule has 0 amide bonds. The summed E-state index contributed by atoms with van der Waals surface area (Å²) < 4.78 is 14.4. The minimum absolute atomic E-state index is 0.145. The van der Waals surface area contributed by atoms with Crippen molar-refractivity contribution >= 4 is 15.9 Å². The van der Waals surface area contributed by atoms with Crippen LogP contribution in [0.5, 0.6) is 0 Å². The Hall–Kier alpha value is -0.450. The highest BCUT2D eigenvalue weighted by Crippen LogP contribution is 2.18. The smallest absolute Gasteiger partial charge is 0.128 e. The summed E-state index contributed by atoms with van der Waals surface area (Å²) in [5.74, 6) is -0.145. The van der Waals surface area contributed by atoms with E-state index in [1.807, 2.05) is 12.1 Å². The minimum atomic E-state index is -0.145. The van der Waals surface area contributed by atoms with E-state index in [2.05, 4.69) is 20.8 Å². The molecule has 1 aromatic rings. The van der Waals surface area contributed by atoms with E-state index in [-0.39, 0.29) is 11.9 Å². The van der Waals surface area contributed by atoms with E-state index >= 15 is 0 Å². The zero-order valence-corrected chi connectivity index (χ0v) is 10.7. The molecule has 4 heteroatoms. The fraction of sp³-hybridized carbons (Fsp3) is 0.500. The zero-order valence-electron chi connectivity index (χ0n) is 9.13. The summed E-state index contributed by atoms with van der Waals surface area (Å²) in [5, 5.41) is 0. The van der Waals surface area contributed by atoms with Crippen LogP contribution in [-0.4, -0.2) is 24.0 Å². The van der Waals surface area contributed by atoms with Crippen molar-refractivity contribution in [1.29, 1.82) is 0 Å². The highest BCUT2D eigenvalue weighted by Gasteiger charge is 2.17. The molecule has 2 nitrogen and oxygen atoms in total. The molecule has 16 heavy (non-hydrogen) atoms. The van der Waals surface area contributed by atoms with Crippen LogP contribution in [0, 0.1) is 5.82 Å². The fourth-order valence-corrected chi connectivity index (χ4v) is 2.46. The molecule has 1 aliphatic rings. The number of benzene rings is 1. The Balaban J connectivity index is 2.02. The molecule has 1 atom stereocenters. The van der Waals surface area contributed by atoms with Gasteiger partial charge in [0.2, 0.25) is 0 Å². The van der Waals surface area contributed by atoms with Crippen molar-refractivity contribution in [3.8, 4) is 0 Å². The van der Waals surface area contributed by atoms with Crippen LogP contribution in [0.25, 0.3) is 0 Å². The van der Waals surface area contributed by atoms with Crippen LogP contribution < -0.4 is 5.73 Å².